The van der Waals surface area contributed by atoms with Crippen LogP contribution >= 0.6 is 23.1 Å². The van der Waals surface area contributed by atoms with E-state index in [1.54, 1.807) is 23.1 Å². The van der Waals surface area contributed by atoms with Crippen molar-refractivity contribution in [3.8, 4) is 10.4 Å². The highest BCUT2D eigenvalue weighted by molar-refractivity contribution is 8.00. The topological polar surface area (TPSA) is 46.3 Å². The number of hydrogen-bond acceptors (Lipinski definition) is 4. The van der Waals surface area contributed by atoms with Crippen molar-refractivity contribution >= 4 is 29.0 Å². The fourth-order valence-corrected chi connectivity index (χ4v) is 4.43. The normalized spacial score (nSPS) is 17.9. The molecule has 0 saturated carbocycles. The third kappa shape index (κ3) is 3.07. The number of benzene rings is 1. The van der Waals surface area contributed by atoms with Crippen molar-refractivity contribution < 1.29 is 4.79 Å². The van der Waals surface area contributed by atoms with E-state index in [4.69, 9.17) is 5.73 Å². The molecule has 0 spiro atoms. The quantitative estimate of drug-likeness (QED) is 0.868. The number of hydrogen-bond donors (Lipinski definition) is 1. The van der Waals surface area contributed by atoms with Crippen molar-refractivity contribution in [1.82, 2.24) is 4.90 Å². The average Bonchev–Trinajstić information content (AvgIpc) is 3.23. The van der Waals surface area contributed by atoms with Crippen LogP contribution in [-0.2, 0) is 0 Å². The van der Waals surface area contributed by atoms with Crippen LogP contribution in [0.3, 0.4) is 0 Å². The number of amides is 1. The molecular weight excluding hydrogens is 312 g/mol. The van der Waals surface area contributed by atoms with Crippen LogP contribution in [0.4, 0.5) is 0 Å². The summed E-state index contributed by atoms with van der Waals surface area (Å²) in [6.07, 6.45) is 4.16. The average molecular weight is 332 g/mol. The van der Waals surface area contributed by atoms with Crippen LogP contribution in [0, 0.1) is 0 Å². The van der Waals surface area contributed by atoms with Crippen molar-refractivity contribution in [1.29, 1.82) is 0 Å². The van der Waals surface area contributed by atoms with Gasteiger partial charge in [0.2, 0.25) is 0 Å². The Morgan fingerprint density at radius 2 is 2.09 bits per heavy atom. The second-order valence-corrected chi connectivity index (χ2v) is 7.62. The molecule has 5 heteroatoms. The predicted octanol–water partition coefficient (Wildman–Crippen LogP) is 3.70. The standard InChI is InChI=1S/C17H20N2OS2/c1-21-16-9-8-15(22-16)12-4-6-13(7-5-12)17(20)19-10-2-3-14(19)11-18/h4-9,14H,2-3,10-11,18H2,1H3. The van der Waals surface area contributed by atoms with Crippen molar-refractivity contribution in [2.24, 2.45) is 5.73 Å². The molecule has 1 amide bonds. The van der Waals surface area contributed by atoms with E-state index in [0.717, 1.165) is 24.9 Å². The number of carbonyl (C=O) groups is 1. The Balaban J connectivity index is 1.77. The van der Waals surface area contributed by atoms with E-state index in [1.165, 1.54) is 14.6 Å². The molecule has 1 fully saturated rings. The fourth-order valence-electron chi connectivity index (χ4n) is 2.88. The van der Waals surface area contributed by atoms with Gasteiger partial charge in [-0.2, -0.15) is 0 Å². The third-order valence-electron chi connectivity index (χ3n) is 4.11. The molecule has 1 atom stereocenters. The summed E-state index contributed by atoms with van der Waals surface area (Å²) in [4.78, 5) is 15.7. The maximum atomic E-state index is 12.6. The van der Waals surface area contributed by atoms with Gasteiger partial charge in [-0.25, -0.2) is 0 Å². The molecule has 1 aliphatic heterocycles. The largest absolute Gasteiger partial charge is 0.334 e. The summed E-state index contributed by atoms with van der Waals surface area (Å²) in [6, 6.07) is 12.4. The zero-order valence-electron chi connectivity index (χ0n) is 12.6. The van der Waals surface area contributed by atoms with Gasteiger partial charge in [0.15, 0.2) is 0 Å². The van der Waals surface area contributed by atoms with Gasteiger partial charge in [0.05, 0.1) is 4.21 Å². The van der Waals surface area contributed by atoms with Crippen molar-refractivity contribution in [3.63, 3.8) is 0 Å². The summed E-state index contributed by atoms with van der Waals surface area (Å²) in [5, 5.41) is 0. The number of nitrogens with two attached hydrogens (primary N) is 1. The minimum absolute atomic E-state index is 0.107. The second-order valence-electron chi connectivity index (χ2n) is 5.43. The molecule has 1 aromatic heterocycles. The van der Waals surface area contributed by atoms with Gasteiger partial charge in [0, 0.05) is 29.6 Å². The summed E-state index contributed by atoms with van der Waals surface area (Å²) < 4.78 is 1.30. The summed E-state index contributed by atoms with van der Waals surface area (Å²) >= 11 is 3.54. The van der Waals surface area contributed by atoms with E-state index in [9.17, 15) is 4.79 Å². The minimum Gasteiger partial charge on any atom is -0.334 e. The Hall–Kier alpha value is -1.30. The van der Waals surface area contributed by atoms with Gasteiger partial charge in [-0.15, -0.1) is 23.1 Å². The first kappa shape index (κ1) is 15.6. The fraction of sp³-hybridized carbons (Fsp3) is 0.353. The van der Waals surface area contributed by atoms with Crippen LogP contribution < -0.4 is 5.73 Å². The van der Waals surface area contributed by atoms with E-state index in [0.29, 0.717) is 6.54 Å². The summed E-state index contributed by atoms with van der Waals surface area (Å²) in [6.45, 7) is 1.38. The van der Waals surface area contributed by atoms with Gasteiger partial charge in [0.25, 0.3) is 5.91 Å². The highest BCUT2D eigenvalue weighted by atomic mass is 32.2. The number of thioether (sulfide) groups is 1. The van der Waals surface area contributed by atoms with E-state index in [2.05, 4.69) is 18.4 Å². The zero-order valence-corrected chi connectivity index (χ0v) is 14.3. The van der Waals surface area contributed by atoms with Crippen molar-refractivity contribution in [2.45, 2.75) is 23.1 Å². The SMILES string of the molecule is CSc1ccc(-c2ccc(C(=O)N3CCCC3CN)cc2)s1. The molecule has 116 valence electrons. The molecule has 0 bridgehead atoms. The second kappa shape index (κ2) is 6.86. The Labute approximate surface area is 139 Å². The van der Waals surface area contributed by atoms with E-state index in [-0.39, 0.29) is 11.9 Å². The lowest BCUT2D eigenvalue weighted by Gasteiger charge is -2.23. The Morgan fingerprint density at radius 3 is 2.73 bits per heavy atom. The molecule has 0 radical (unpaired) electrons. The highest BCUT2D eigenvalue weighted by Crippen LogP contribution is 2.33. The Morgan fingerprint density at radius 1 is 1.32 bits per heavy atom. The van der Waals surface area contributed by atoms with E-state index >= 15 is 0 Å². The molecule has 22 heavy (non-hydrogen) atoms. The molecule has 1 saturated heterocycles. The van der Waals surface area contributed by atoms with Gasteiger partial charge in [0.1, 0.15) is 0 Å². The maximum absolute atomic E-state index is 12.6. The number of nitrogens with zero attached hydrogens (tertiary/aromatic N) is 1. The number of carbonyl (C=O) groups excluding carboxylic acids is 1. The van der Waals surface area contributed by atoms with Crippen LogP contribution in [0.2, 0.25) is 0 Å². The molecule has 2 aromatic rings. The first-order chi connectivity index (χ1) is 10.7. The van der Waals surface area contributed by atoms with Gasteiger partial charge in [-0.1, -0.05) is 12.1 Å². The summed E-state index contributed by atoms with van der Waals surface area (Å²) in [7, 11) is 0. The van der Waals surface area contributed by atoms with Gasteiger partial charge in [-0.3, -0.25) is 4.79 Å². The number of rotatable bonds is 4. The molecule has 1 aromatic carbocycles. The predicted molar refractivity (Wildman–Crippen MR) is 94.6 cm³/mol. The van der Waals surface area contributed by atoms with Crippen molar-refractivity contribution in [3.05, 3.63) is 42.0 Å². The van der Waals surface area contributed by atoms with Crippen LogP contribution in [0.5, 0.6) is 0 Å². The van der Waals surface area contributed by atoms with Gasteiger partial charge >= 0.3 is 0 Å². The number of likely N-dealkylation sites (tertiary alicyclic amines) is 1. The molecule has 3 rings (SSSR count). The zero-order chi connectivity index (χ0) is 15.5. The molecule has 2 heterocycles. The van der Waals surface area contributed by atoms with Crippen molar-refractivity contribution in [2.75, 3.05) is 19.3 Å². The third-order valence-corrected chi connectivity index (χ3v) is 6.33. The molecular formula is C17H20N2OS2. The van der Waals surface area contributed by atoms with Gasteiger partial charge in [-0.05, 0) is 48.9 Å². The lowest BCUT2D eigenvalue weighted by Crippen LogP contribution is -2.39. The molecule has 1 aliphatic rings. The Bertz CT molecular complexity index is 651. The van der Waals surface area contributed by atoms with Crippen LogP contribution in [0.25, 0.3) is 10.4 Å². The van der Waals surface area contributed by atoms with Crippen LogP contribution in [0.1, 0.15) is 23.2 Å². The smallest absolute Gasteiger partial charge is 0.254 e. The highest BCUT2D eigenvalue weighted by Gasteiger charge is 2.28. The molecule has 1 unspecified atom stereocenters. The number of thiophene rings is 1. The lowest BCUT2D eigenvalue weighted by molar-refractivity contribution is 0.0741. The van der Waals surface area contributed by atoms with Gasteiger partial charge < -0.3 is 10.6 Å². The monoisotopic (exact) mass is 332 g/mol. The Kier molecular flexibility index (Phi) is 4.86. The summed E-state index contributed by atoms with van der Waals surface area (Å²) in [5.74, 6) is 0.107. The van der Waals surface area contributed by atoms with E-state index in [1.807, 2.05) is 29.2 Å². The maximum Gasteiger partial charge on any atom is 0.254 e. The first-order valence-electron chi connectivity index (χ1n) is 7.48. The molecule has 2 N–H and O–H groups in total. The molecule has 3 nitrogen and oxygen atoms in total. The molecule has 0 aliphatic carbocycles. The first-order valence-corrected chi connectivity index (χ1v) is 9.52. The van der Waals surface area contributed by atoms with Crippen LogP contribution in [-0.4, -0.2) is 36.2 Å². The lowest BCUT2D eigenvalue weighted by atomic mass is 10.1. The minimum atomic E-state index is 0.107. The van der Waals surface area contributed by atoms with E-state index < -0.39 is 0 Å². The summed E-state index contributed by atoms with van der Waals surface area (Å²) in [5.41, 5.74) is 7.68. The van der Waals surface area contributed by atoms with Crippen LogP contribution in [0.15, 0.2) is 40.6 Å².